The van der Waals surface area contributed by atoms with Gasteiger partial charge >= 0.3 is 0 Å². The highest BCUT2D eigenvalue weighted by Gasteiger charge is 2.64. The fraction of sp³-hybridized carbons (Fsp3) is 0.440. The summed E-state index contributed by atoms with van der Waals surface area (Å²) >= 11 is 0. The number of rotatable bonds is 7. The van der Waals surface area contributed by atoms with Gasteiger partial charge in [0.1, 0.15) is 23.5 Å². The number of carbonyl (C=O) groups is 1. The fourth-order valence-electron chi connectivity index (χ4n) is 5.37. The van der Waals surface area contributed by atoms with Gasteiger partial charge in [-0.2, -0.15) is 5.26 Å². The Morgan fingerprint density at radius 1 is 1.16 bits per heavy atom. The molecule has 0 radical (unpaired) electrons. The van der Waals surface area contributed by atoms with Crippen LogP contribution in [0.5, 0.6) is 0 Å². The standard InChI is InChI=1S/C25H23F4N3O4S/c26-14-37(34,35)31-22-20(32(13-24(22)6-7-24)23(33)25(12-30)8-9-36-25)10-15-2-1-3-17(21(15)29)18-11-16(27)4-5-19(18)28/h1-5,11,20,22,31H,6-10,13-14H2/t20-,22+,25-/m0/s1. The molecule has 5 rings (SSSR count). The zero-order chi connectivity index (χ0) is 26.6. The van der Waals surface area contributed by atoms with Crippen LogP contribution >= 0.6 is 0 Å². The number of nitrogens with one attached hydrogen (secondary N) is 1. The Kier molecular flexibility index (Phi) is 6.29. The first kappa shape index (κ1) is 25.6. The Hall–Kier alpha value is -3.01. The quantitative estimate of drug-likeness (QED) is 0.547. The van der Waals surface area contributed by atoms with Crippen molar-refractivity contribution in [3.05, 3.63) is 59.4 Å². The lowest BCUT2D eigenvalue weighted by Gasteiger charge is -2.39. The van der Waals surface area contributed by atoms with Gasteiger partial charge in [-0.15, -0.1) is 0 Å². The van der Waals surface area contributed by atoms with Crippen LogP contribution in [0.25, 0.3) is 11.1 Å². The number of benzene rings is 2. The van der Waals surface area contributed by atoms with E-state index < -0.39 is 62.5 Å². The lowest BCUT2D eigenvalue weighted by molar-refractivity contribution is -0.172. The van der Waals surface area contributed by atoms with E-state index in [2.05, 4.69) is 4.72 Å². The van der Waals surface area contributed by atoms with Crippen molar-refractivity contribution in [2.75, 3.05) is 19.2 Å². The topological polar surface area (TPSA) is 99.5 Å². The van der Waals surface area contributed by atoms with E-state index in [-0.39, 0.29) is 42.7 Å². The number of carbonyl (C=O) groups excluding carboxylic acids is 1. The maximum atomic E-state index is 15.7. The number of nitrogens with zero attached hydrogens (tertiary/aromatic N) is 2. The second-order valence-electron chi connectivity index (χ2n) is 9.83. The van der Waals surface area contributed by atoms with Gasteiger partial charge in [-0.25, -0.2) is 30.7 Å². The fourth-order valence-corrected chi connectivity index (χ4v) is 6.23. The maximum Gasteiger partial charge on any atom is 0.270 e. The number of hydrogen-bond donors (Lipinski definition) is 1. The molecule has 2 aromatic rings. The molecule has 7 nitrogen and oxygen atoms in total. The van der Waals surface area contributed by atoms with Crippen LogP contribution in [0.2, 0.25) is 0 Å². The number of hydrogen-bond acceptors (Lipinski definition) is 5. The molecule has 196 valence electrons. The van der Waals surface area contributed by atoms with Crippen molar-refractivity contribution in [1.29, 1.82) is 5.26 Å². The van der Waals surface area contributed by atoms with E-state index in [1.54, 1.807) is 0 Å². The molecular formula is C25H23F4N3O4S. The molecule has 2 aliphatic heterocycles. The average Bonchev–Trinajstić information content (AvgIpc) is 3.57. The molecule has 0 unspecified atom stereocenters. The van der Waals surface area contributed by atoms with Gasteiger partial charge in [0, 0.05) is 35.5 Å². The zero-order valence-electron chi connectivity index (χ0n) is 19.5. The first-order valence-electron chi connectivity index (χ1n) is 11.7. The van der Waals surface area contributed by atoms with Gasteiger partial charge in [0.2, 0.25) is 21.6 Å². The van der Waals surface area contributed by atoms with Crippen LogP contribution in [0, 0.1) is 34.2 Å². The first-order chi connectivity index (χ1) is 17.5. The smallest absolute Gasteiger partial charge is 0.270 e. The van der Waals surface area contributed by atoms with Gasteiger partial charge in [0.05, 0.1) is 12.6 Å². The molecule has 12 heteroatoms. The third-order valence-corrected chi connectivity index (χ3v) is 8.49. The molecule has 3 fully saturated rings. The molecule has 0 bridgehead atoms. The summed E-state index contributed by atoms with van der Waals surface area (Å²) in [5.74, 6) is -3.11. The van der Waals surface area contributed by atoms with Crippen molar-refractivity contribution in [2.45, 2.75) is 43.4 Å². The second-order valence-corrected chi connectivity index (χ2v) is 11.5. The molecule has 1 spiro atoms. The first-order valence-corrected chi connectivity index (χ1v) is 13.3. The van der Waals surface area contributed by atoms with Crippen LogP contribution in [0.3, 0.4) is 0 Å². The van der Waals surface area contributed by atoms with Gasteiger partial charge in [0.25, 0.3) is 5.91 Å². The van der Waals surface area contributed by atoms with Crippen molar-refractivity contribution in [3.63, 3.8) is 0 Å². The highest BCUT2D eigenvalue weighted by atomic mass is 32.2. The predicted octanol–water partition coefficient (Wildman–Crippen LogP) is 3.20. The van der Waals surface area contributed by atoms with E-state index in [4.69, 9.17) is 4.74 Å². The molecular weight excluding hydrogens is 514 g/mol. The summed E-state index contributed by atoms with van der Waals surface area (Å²) in [6.07, 6.45) is 1.03. The summed E-state index contributed by atoms with van der Waals surface area (Å²) in [5, 5.41) is 9.62. The Labute approximate surface area is 211 Å². The third kappa shape index (κ3) is 4.39. The molecule has 1 aliphatic carbocycles. The molecule has 1 saturated carbocycles. The molecule has 2 aromatic carbocycles. The highest BCUT2D eigenvalue weighted by Crippen LogP contribution is 2.56. The summed E-state index contributed by atoms with van der Waals surface area (Å²) in [6, 6.07) is 5.08. The zero-order valence-corrected chi connectivity index (χ0v) is 20.3. The van der Waals surface area contributed by atoms with Gasteiger partial charge < -0.3 is 9.64 Å². The van der Waals surface area contributed by atoms with Gasteiger partial charge in [0.15, 0.2) is 0 Å². The lowest BCUT2D eigenvalue weighted by atomic mass is 9.90. The van der Waals surface area contributed by atoms with E-state index in [1.807, 2.05) is 6.07 Å². The molecule has 37 heavy (non-hydrogen) atoms. The van der Waals surface area contributed by atoms with Crippen LogP contribution in [0.4, 0.5) is 17.6 Å². The van der Waals surface area contributed by atoms with E-state index in [0.717, 1.165) is 18.2 Å². The summed E-state index contributed by atoms with van der Waals surface area (Å²) in [6.45, 7) is 0.291. The second kappa shape index (κ2) is 9.08. The van der Waals surface area contributed by atoms with Crippen molar-refractivity contribution >= 4 is 15.9 Å². The molecule has 1 amide bonds. The molecule has 3 atom stereocenters. The number of sulfonamides is 1. The van der Waals surface area contributed by atoms with Crippen LogP contribution in [0.1, 0.15) is 24.8 Å². The van der Waals surface area contributed by atoms with E-state index in [1.165, 1.54) is 23.1 Å². The van der Waals surface area contributed by atoms with E-state index in [0.29, 0.717) is 12.8 Å². The number of halogens is 4. The van der Waals surface area contributed by atoms with Gasteiger partial charge in [-0.05, 0) is 43.0 Å². The molecule has 2 heterocycles. The van der Waals surface area contributed by atoms with Gasteiger partial charge in [-0.1, -0.05) is 18.2 Å². The Bertz CT molecular complexity index is 1400. The predicted molar refractivity (Wildman–Crippen MR) is 123 cm³/mol. The Morgan fingerprint density at radius 3 is 2.49 bits per heavy atom. The van der Waals surface area contributed by atoms with Crippen molar-refractivity contribution in [2.24, 2.45) is 5.41 Å². The van der Waals surface area contributed by atoms with Crippen molar-refractivity contribution in [3.8, 4) is 17.2 Å². The minimum Gasteiger partial charge on any atom is -0.352 e. The normalized spacial score (nSPS) is 26.1. The number of nitriles is 1. The number of likely N-dealkylation sites (tertiary alicyclic amines) is 1. The SMILES string of the molecule is N#C[C@]1(C(=O)N2CC3(CC3)[C@H](NS(=O)(=O)CF)[C@@H]2Cc2cccc(-c3cc(F)ccc3F)c2F)CCO1. The van der Waals surface area contributed by atoms with E-state index >= 15 is 4.39 Å². The van der Waals surface area contributed by atoms with Crippen LogP contribution < -0.4 is 4.72 Å². The molecule has 3 aliphatic rings. The van der Waals surface area contributed by atoms with Gasteiger partial charge in [-0.3, -0.25) is 4.79 Å². The monoisotopic (exact) mass is 537 g/mol. The van der Waals surface area contributed by atoms with Crippen molar-refractivity contribution < 1.29 is 35.5 Å². The third-order valence-electron chi connectivity index (χ3n) is 7.59. The maximum absolute atomic E-state index is 15.7. The Balaban J connectivity index is 1.55. The summed E-state index contributed by atoms with van der Waals surface area (Å²) < 4.78 is 89.3. The number of alkyl halides is 1. The van der Waals surface area contributed by atoms with Crippen molar-refractivity contribution in [1.82, 2.24) is 9.62 Å². The largest absolute Gasteiger partial charge is 0.352 e. The molecule has 2 saturated heterocycles. The molecule has 1 N–H and O–H groups in total. The minimum absolute atomic E-state index is 0.0200. The van der Waals surface area contributed by atoms with Crippen LogP contribution in [-0.4, -0.2) is 56.1 Å². The summed E-state index contributed by atoms with van der Waals surface area (Å²) in [7, 11) is -4.35. The van der Waals surface area contributed by atoms with Crippen LogP contribution in [-0.2, 0) is 26.0 Å². The minimum atomic E-state index is -4.35. The van der Waals surface area contributed by atoms with E-state index in [9.17, 15) is 31.6 Å². The number of ether oxygens (including phenoxy) is 1. The summed E-state index contributed by atoms with van der Waals surface area (Å²) in [5.41, 5.74) is -2.88. The molecule has 0 aromatic heterocycles. The highest BCUT2D eigenvalue weighted by molar-refractivity contribution is 7.89. The Morgan fingerprint density at radius 2 is 1.89 bits per heavy atom. The average molecular weight is 538 g/mol. The summed E-state index contributed by atoms with van der Waals surface area (Å²) in [4.78, 5) is 14.8. The number of amides is 1. The lowest BCUT2D eigenvalue weighted by Crippen LogP contribution is -2.59. The van der Waals surface area contributed by atoms with Crippen LogP contribution in [0.15, 0.2) is 36.4 Å².